The van der Waals surface area contributed by atoms with Crippen molar-refractivity contribution in [1.82, 2.24) is 14.5 Å². The molecule has 3 aromatic rings. The number of fused-ring (bicyclic) bond motifs is 1. The highest BCUT2D eigenvalue weighted by Crippen LogP contribution is 2.46. The van der Waals surface area contributed by atoms with Gasteiger partial charge in [0.1, 0.15) is 11.4 Å². The lowest BCUT2D eigenvalue weighted by Crippen LogP contribution is -2.24. The summed E-state index contributed by atoms with van der Waals surface area (Å²) >= 11 is 0. The third-order valence-corrected chi connectivity index (χ3v) is 4.54. The molecule has 2 aromatic heterocycles. The van der Waals surface area contributed by atoms with Crippen LogP contribution in [0, 0.1) is 17.1 Å². The number of hydrogen-bond donors (Lipinski definition) is 1. The second kappa shape index (κ2) is 5.25. The molecule has 118 valence electrons. The Labute approximate surface area is 137 Å². The zero-order valence-corrected chi connectivity index (χ0v) is 12.6. The van der Waals surface area contributed by atoms with Crippen LogP contribution >= 0.6 is 0 Å². The summed E-state index contributed by atoms with van der Waals surface area (Å²) in [5.41, 5.74) is 0.652. The van der Waals surface area contributed by atoms with E-state index in [1.807, 2.05) is 6.07 Å². The predicted octanol–water partition coefficient (Wildman–Crippen LogP) is 2.52. The van der Waals surface area contributed by atoms with Gasteiger partial charge in [-0.1, -0.05) is 12.1 Å². The fraction of sp³-hybridized carbons (Fsp3) is 0.167. The second-order valence-electron chi connectivity index (χ2n) is 5.86. The van der Waals surface area contributed by atoms with E-state index in [1.54, 1.807) is 53.8 Å². The normalized spacial score (nSPS) is 22.1. The maximum atomic E-state index is 14.5. The minimum atomic E-state index is -1.28. The zero-order chi connectivity index (χ0) is 16.7. The first-order valence-corrected chi connectivity index (χ1v) is 7.48. The van der Waals surface area contributed by atoms with E-state index in [1.165, 1.54) is 6.07 Å². The lowest BCUT2D eigenvalue weighted by atomic mass is 9.87. The van der Waals surface area contributed by atoms with Gasteiger partial charge in [0.25, 0.3) is 0 Å². The second-order valence-corrected chi connectivity index (χ2v) is 5.86. The standard InChI is InChI=1S/C18H13FN4O/c19-15-6-12(8-20)3-4-14(15)16-7-18(24,13-2-1-5-21-9-13)17-10-22-11-23(16)17/h1-6,9-11,16,24H,7H2. The summed E-state index contributed by atoms with van der Waals surface area (Å²) in [5.74, 6) is -0.464. The van der Waals surface area contributed by atoms with Crippen LogP contribution in [0.2, 0.25) is 0 Å². The maximum Gasteiger partial charge on any atom is 0.135 e. The number of hydrogen-bond acceptors (Lipinski definition) is 4. The molecule has 3 heterocycles. The molecule has 2 atom stereocenters. The van der Waals surface area contributed by atoms with Gasteiger partial charge in [0, 0.05) is 29.9 Å². The highest BCUT2D eigenvalue weighted by atomic mass is 19.1. The lowest BCUT2D eigenvalue weighted by Gasteiger charge is -2.22. The molecule has 0 aliphatic carbocycles. The number of imidazole rings is 1. The van der Waals surface area contributed by atoms with Crippen LogP contribution in [0.15, 0.2) is 55.2 Å². The summed E-state index contributed by atoms with van der Waals surface area (Å²) in [6, 6.07) is 9.46. The van der Waals surface area contributed by atoms with Crippen molar-refractivity contribution >= 4 is 0 Å². The van der Waals surface area contributed by atoms with Gasteiger partial charge in [-0.2, -0.15) is 5.26 Å². The molecule has 1 aliphatic heterocycles. The van der Waals surface area contributed by atoms with E-state index in [-0.39, 0.29) is 12.0 Å². The van der Waals surface area contributed by atoms with Crippen molar-refractivity contribution in [1.29, 1.82) is 5.26 Å². The summed E-state index contributed by atoms with van der Waals surface area (Å²) in [5, 5.41) is 20.1. The molecule has 0 saturated carbocycles. The third-order valence-electron chi connectivity index (χ3n) is 4.54. The molecular weight excluding hydrogens is 307 g/mol. The Bertz CT molecular complexity index is 947. The van der Waals surface area contributed by atoms with E-state index in [4.69, 9.17) is 5.26 Å². The minimum Gasteiger partial charge on any atom is -0.379 e. The Balaban J connectivity index is 1.83. The molecule has 6 heteroatoms. The van der Waals surface area contributed by atoms with Gasteiger partial charge in [0.15, 0.2) is 0 Å². The zero-order valence-electron chi connectivity index (χ0n) is 12.6. The third kappa shape index (κ3) is 2.02. The quantitative estimate of drug-likeness (QED) is 0.787. The lowest BCUT2D eigenvalue weighted by molar-refractivity contribution is 0.0789. The Hall–Kier alpha value is -3.04. The van der Waals surface area contributed by atoms with Crippen molar-refractivity contribution in [3.05, 3.63) is 83.5 Å². The van der Waals surface area contributed by atoms with E-state index in [9.17, 15) is 9.50 Å². The van der Waals surface area contributed by atoms with Crippen LogP contribution in [0.5, 0.6) is 0 Å². The van der Waals surface area contributed by atoms with Gasteiger partial charge in [0.2, 0.25) is 0 Å². The van der Waals surface area contributed by atoms with Crippen LogP contribution in [0.3, 0.4) is 0 Å². The minimum absolute atomic E-state index is 0.266. The monoisotopic (exact) mass is 320 g/mol. The van der Waals surface area contributed by atoms with Crippen LogP contribution in [0.25, 0.3) is 0 Å². The Morgan fingerprint density at radius 3 is 2.88 bits per heavy atom. The molecule has 0 amide bonds. The van der Waals surface area contributed by atoms with Crippen LogP contribution in [0.4, 0.5) is 4.39 Å². The van der Waals surface area contributed by atoms with Crippen molar-refractivity contribution in [2.75, 3.05) is 0 Å². The summed E-state index contributed by atoms with van der Waals surface area (Å²) in [4.78, 5) is 8.18. The smallest absolute Gasteiger partial charge is 0.135 e. The molecule has 0 spiro atoms. The summed E-state index contributed by atoms with van der Waals surface area (Å²) < 4.78 is 16.2. The van der Waals surface area contributed by atoms with Crippen molar-refractivity contribution < 1.29 is 9.50 Å². The van der Waals surface area contributed by atoms with E-state index in [0.29, 0.717) is 16.8 Å². The molecule has 5 nitrogen and oxygen atoms in total. The van der Waals surface area contributed by atoms with Crippen molar-refractivity contribution in [3.63, 3.8) is 0 Å². The molecule has 24 heavy (non-hydrogen) atoms. The van der Waals surface area contributed by atoms with Crippen molar-refractivity contribution in [3.8, 4) is 6.07 Å². The van der Waals surface area contributed by atoms with Crippen LogP contribution in [0.1, 0.15) is 34.8 Å². The number of benzene rings is 1. The highest BCUT2D eigenvalue weighted by Gasteiger charge is 2.45. The van der Waals surface area contributed by atoms with E-state index >= 15 is 0 Å². The summed E-state index contributed by atoms with van der Waals surface area (Å²) in [6.45, 7) is 0. The number of aliphatic hydroxyl groups is 1. The van der Waals surface area contributed by atoms with E-state index in [2.05, 4.69) is 9.97 Å². The van der Waals surface area contributed by atoms with Gasteiger partial charge in [0.05, 0.1) is 35.9 Å². The number of nitriles is 1. The van der Waals surface area contributed by atoms with Gasteiger partial charge in [-0.15, -0.1) is 0 Å². The van der Waals surface area contributed by atoms with Gasteiger partial charge in [-0.3, -0.25) is 4.98 Å². The molecule has 0 fully saturated rings. The topological polar surface area (TPSA) is 74.7 Å². The molecule has 0 saturated heterocycles. The van der Waals surface area contributed by atoms with Crippen LogP contribution in [-0.4, -0.2) is 19.6 Å². The van der Waals surface area contributed by atoms with Gasteiger partial charge < -0.3 is 9.67 Å². The van der Waals surface area contributed by atoms with Gasteiger partial charge >= 0.3 is 0 Å². The molecule has 1 N–H and O–H groups in total. The maximum absolute atomic E-state index is 14.5. The SMILES string of the molecule is N#Cc1ccc(C2CC(O)(c3cccnc3)c3cncn32)c(F)c1. The van der Waals surface area contributed by atoms with Crippen LogP contribution < -0.4 is 0 Å². The molecule has 0 bridgehead atoms. The number of nitrogens with zero attached hydrogens (tertiary/aromatic N) is 4. The van der Waals surface area contributed by atoms with Gasteiger partial charge in [-0.25, -0.2) is 9.37 Å². The largest absolute Gasteiger partial charge is 0.379 e. The van der Waals surface area contributed by atoms with E-state index in [0.717, 1.165) is 0 Å². The Kier molecular flexibility index (Phi) is 3.18. The fourth-order valence-electron chi connectivity index (χ4n) is 3.36. The molecule has 2 unspecified atom stereocenters. The highest BCUT2D eigenvalue weighted by molar-refractivity contribution is 5.40. The summed E-state index contributed by atoms with van der Waals surface area (Å²) in [7, 11) is 0. The average Bonchev–Trinajstić information content (AvgIpc) is 3.19. The molecule has 0 radical (unpaired) electrons. The first kappa shape index (κ1) is 14.5. The summed E-state index contributed by atoms with van der Waals surface area (Å²) in [6.07, 6.45) is 6.70. The fourth-order valence-corrected chi connectivity index (χ4v) is 3.36. The Morgan fingerprint density at radius 2 is 2.17 bits per heavy atom. The van der Waals surface area contributed by atoms with Crippen LogP contribution in [-0.2, 0) is 5.60 Å². The van der Waals surface area contributed by atoms with E-state index < -0.39 is 17.5 Å². The number of aromatic nitrogens is 3. The molecule has 1 aromatic carbocycles. The van der Waals surface area contributed by atoms with Crippen molar-refractivity contribution in [2.45, 2.75) is 18.1 Å². The van der Waals surface area contributed by atoms with Gasteiger partial charge in [-0.05, 0) is 18.2 Å². The molecule has 4 rings (SSSR count). The average molecular weight is 320 g/mol. The Morgan fingerprint density at radius 1 is 1.29 bits per heavy atom. The number of pyridine rings is 1. The number of halogens is 1. The molecular formula is C18H13FN4O. The first-order chi connectivity index (χ1) is 11.6. The first-order valence-electron chi connectivity index (χ1n) is 7.48. The predicted molar refractivity (Wildman–Crippen MR) is 83.3 cm³/mol. The molecule has 1 aliphatic rings. The van der Waals surface area contributed by atoms with Crippen molar-refractivity contribution in [2.24, 2.45) is 0 Å². The number of rotatable bonds is 2.